The van der Waals surface area contributed by atoms with E-state index >= 15 is 0 Å². The number of halogens is 2. The molecule has 1 saturated carbocycles. The van der Waals surface area contributed by atoms with Gasteiger partial charge in [-0.2, -0.15) is 0 Å². The van der Waals surface area contributed by atoms with Crippen LogP contribution in [-0.2, 0) is 5.41 Å². The van der Waals surface area contributed by atoms with Crippen molar-refractivity contribution in [2.75, 3.05) is 6.54 Å². The van der Waals surface area contributed by atoms with Gasteiger partial charge in [-0.05, 0) is 48.1 Å². The van der Waals surface area contributed by atoms with Crippen LogP contribution in [-0.4, -0.2) is 6.54 Å². The summed E-state index contributed by atoms with van der Waals surface area (Å²) in [5.41, 5.74) is 6.09. The Labute approximate surface area is 101 Å². The van der Waals surface area contributed by atoms with E-state index in [1.807, 2.05) is 6.92 Å². The van der Waals surface area contributed by atoms with Gasteiger partial charge in [0.1, 0.15) is 11.6 Å². The molecule has 1 fully saturated rings. The van der Waals surface area contributed by atoms with Gasteiger partial charge in [-0.15, -0.1) is 0 Å². The summed E-state index contributed by atoms with van der Waals surface area (Å²) in [6, 6.07) is 2.61. The minimum absolute atomic E-state index is 0.0791. The molecule has 1 nitrogen and oxygen atoms in total. The molecule has 0 saturated heterocycles. The van der Waals surface area contributed by atoms with Gasteiger partial charge in [0.2, 0.25) is 0 Å². The van der Waals surface area contributed by atoms with Gasteiger partial charge in [-0.1, -0.05) is 20.8 Å². The topological polar surface area (TPSA) is 26.0 Å². The summed E-state index contributed by atoms with van der Waals surface area (Å²) in [5, 5.41) is 0. The summed E-state index contributed by atoms with van der Waals surface area (Å²) < 4.78 is 27.6. The average Bonchev–Trinajstić information content (AvgIpc) is 2.67. The van der Waals surface area contributed by atoms with Crippen LogP contribution in [0.3, 0.4) is 0 Å². The number of hydrogen-bond donors (Lipinski definition) is 1. The van der Waals surface area contributed by atoms with E-state index in [1.165, 1.54) is 12.1 Å². The maximum Gasteiger partial charge on any atom is 0.127 e. The van der Waals surface area contributed by atoms with Crippen LogP contribution in [0.25, 0.3) is 0 Å². The van der Waals surface area contributed by atoms with Crippen LogP contribution in [0, 0.1) is 29.9 Å². The number of aryl methyl sites for hydroxylation is 1. The number of rotatable bonds is 2. The zero-order valence-corrected chi connectivity index (χ0v) is 10.8. The predicted molar refractivity (Wildman–Crippen MR) is 64.8 cm³/mol. The normalized spacial score (nSPS) is 30.4. The fourth-order valence-electron chi connectivity index (χ4n) is 3.21. The second-order valence-electron chi connectivity index (χ2n) is 5.79. The van der Waals surface area contributed by atoms with Gasteiger partial charge >= 0.3 is 0 Å². The lowest BCUT2D eigenvalue weighted by atomic mass is 9.88. The second kappa shape index (κ2) is 3.52. The molecular weight excluding hydrogens is 220 g/mol. The van der Waals surface area contributed by atoms with E-state index in [1.54, 1.807) is 6.92 Å². The predicted octanol–water partition coefficient (Wildman–Crippen LogP) is 3.15. The maximum atomic E-state index is 14.0. The quantitative estimate of drug-likeness (QED) is 0.843. The van der Waals surface area contributed by atoms with Crippen molar-refractivity contribution < 1.29 is 8.78 Å². The standard InChI is InChI=1S/C14H19F2N/c1-8-5-11(16)9(6-10(8)15)14(4)12(7-17)13(14,2)3/h5-6,12H,7,17H2,1-4H3. The van der Waals surface area contributed by atoms with Crippen LogP contribution in [0.4, 0.5) is 8.78 Å². The van der Waals surface area contributed by atoms with Gasteiger partial charge in [0.05, 0.1) is 0 Å². The van der Waals surface area contributed by atoms with E-state index < -0.39 is 0 Å². The van der Waals surface area contributed by atoms with Crippen molar-refractivity contribution >= 4 is 0 Å². The maximum absolute atomic E-state index is 14.0. The van der Waals surface area contributed by atoms with Crippen LogP contribution in [0.2, 0.25) is 0 Å². The van der Waals surface area contributed by atoms with Crippen molar-refractivity contribution in [2.45, 2.75) is 33.1 Å². The van der Waals surface area contributed by atoms with Gasteiger partial charge in [-0.3, -0.25) is 0 Å². The summed E-state index contributed by atoms with van der Waals surface area (Å²) in [6.07, 6.45) is 0. The Kier molecular flexibility index (Phi) is 2.58. The van der Waals surface area contributed by atoms with Crippen molar-refractivity contribution in [3.8, 4) is 0 Å². The minimum atomic E-state index is -0.361. The molecule has 3 heteroatoms. The molecule has 0 amide bonds. The lowest BCUT2D eigenvalue weighted by Crippen LogP contribution is -2.15. The van der Waals surface area contributed by atoms with Crippen LogP contribution in [0.1, 0.15) is 31.9 Å². The Morgan fingerprint density at radius 3 is 2.24 bits per heavy atom. The van der Waals surface area contributed by atoms with Crippen molar-refractivity contribution in [2.24, 2.45) is 17.1 Å². The minimum Gasteiger partial charge on any atom is -0.330 e. The highest BCUT2D eigenvalue weighted by molar-refractivity contribution is 5.41. The molecule has 0 heterocycles. The van der Waals surface area contributed by atoms with E-state index in [9.17, 15) is 8.78 Å². The molecule has 1 aliphatic carbocycles. The van der Waals surface area contributed by atoms with Crippen LogP contribution in [0.5, 0.6) is 0 Å². The first-order valence-corrected chi connectivity index (χ1v) is 5.93. The van der Waals surface area contributed by atoms with Crippen molar-refractivity contribution in [1.82, 2.24) is 0 Å². The fraction of sp³-hybridized carbons (Fsp3) is 0.571. The molecule has 1 aliphatic rings. The molecule has 0 aromatic heterocycles. The molecule has 0 spiro atoms. The fourth-order valence-corrected chi connectivity index (χ4v) is 3.21. The summed E-state index contributed by atoms with van der Waals surface area (Å²) in [5.74, 6) is -0.469. The largest absolute Gasteiger partial charge is 0.330 e. The Balaban J connectivity index is 2.53. The number of nitrogens with two attached hydrogens (primary N) is 1. The molecule has 1 aromatic rings. The SMILES string of the molecule is Cc1cc(F)c(C2(C)C(CN)C2(C)C)cc1F. The molecule has 0 bridgehead atoms. The van der Waals surface area contributed by atoms with Gasteiger partial charge in [0.15, 0.2) is 0 Å². The zero-order valence-electron chi connectivity index (χ0n) is 10.8. The molecule has 2 N–H and O–H groups in total. The zero-order chi connectivity index (χ0) is 13.0. The summed E-state index contributed by atoms with van der Waals surface area (Å²) in [4.78, 5) is 0. The Morgan fingerprint density at radius 2 is 1.76 bits per heavy atom. The highest BCUT2D eigenvalue weighted by Crippen LogP contribution is 2.69. The molecule has 2 atom stereocenters. The summed E-state index contributed by atoms with van der Waals surface area (Å²) >= 11 is 0. The number of hydrogen-bond acceptors (Lipinski definition) is 1. The smallest absolute Gasteiger partial charge is 0.127 e. The van der Waals surface area contributed by atoms with E-state index in [4.69, 9.17) is 5.73 Å². The van der Waals surface area contributed by atoms with Crippen LogP contribution in [0.15, 0.2) is 12.1 Å². The highest BCUT2D eigenvalue weighted by atomic mass is 19.1. The van der Waals surface area contributed by atoms with Gasteiger partial charge in [0.25, 0.3) is 0 Å². The van der Waals surface area contributed by atoms with E-state index in [2.05, 4.69) is 13.8 Å². The third-order valence-electron chi connectivity index (χ3n) is 4.87. The van der Waals surface area contributed by atoms with Gasteiger partial charge < -0.3 is 5.73 Å². The average molecular weight is 239 g/mol. The van der Waals surface area contributed by atoms with Crippen LogP contribution >= 0.6 is 0 Å². The number of benzene rings is 1. The van der Waals surface area contributed by atoms with Crippen molar-refractivity contribution in [3.63, 3.8) is 0 Å². The third kappa shape index (κ3) is 1.45. The van der Waals surface area contributed by atoms with Crippen molar-refractivity contribution in [1.29, 1.82) is 0 Å². The molecule has 94 valence electrons. The molecule has 2 rings (SSSR count). The first-order chi connectivity index (χ1) is 7.76. The first-order valence-electron chi connectivity index (χ1n) is 5.93. The lowest BCUT2D eigenvalue weighted by Gasteiger charge is -2.17. The second-order valence-corrected chi connectivity index (χ2v) is 5.79. The monoisotopic (exact) mass is 239 g/mol. The van der Waals surface area contributed by atoms with Crippen LogP contribution < -0.4 is 5.73 Å². The van der Waals surface area contributed by atoms with E-state index in [0.29, 0.717) is 17.7 Å². The Morgan fingerprint density at radius 1 is 1.18 bits per heavy atom. The first kappa shape index (κ1) is 12.5. The molecular formula is C14H19F2N. The highest BCUT2D eigenvalue weighted by Gasteiger charge is 2.68. The molecule has 0 radical (unpaired) electrons. The Hall–Kier alpha value is -0.960. The summed E-state index contributed by atoms with van der Waals surface area (Å²) in [7, 11) is 0. The molecule has 1 aromatic carbocycles. The van der Waals surface area contributed by atoms with E-state index in [0.717, 1.165) is 0 Å². The molecule has 17 heavy (non-hydrogen) atoms. The van der Waals surface area contributed by atoms with Crippen molar-refractivity contribution in [3.05, 3.63) is 34.9 Å². The molecule has 0 aliphatic heterocycles. The lowest BCUT2D eigenvalue weighted by molar-refractivity contribution is 0.490. The van der Waals surface area contributed by atoms with E-state index in [-0.39, 0.29) is 28.4 Å². The summed E-state index contributed by atoms with van der Waals surface area (Å²) in [6.45, 7) is 8.16. The van der Waals surface area contributed by atoms with Gasteiger partial charge in [-0.25, -0.2) is 8.78 Å². The third-order valence-corrected chi connectivity index (χ3v) is 4.87. The Bertz CT molecular complexity index is 468. The van der Waals surface area contributed by atoms with Gasteiger partial charge in [0, 0.05) is 5.41 Å². The molecule has 2 unspecified atom stereocenters.